The number of hydrogen-bond donors (Lipinski definition) is 2. The molecule has 7 nitrogen and oxygen atoms in total. The molecule has 2 rings (SSSR count). The van der Waals surface area contributed by atoms with E-state index in [0.717, 1.165) is 70.5 Å². The normalized spacial score (nSPS) is 15.8. The second-order valence-corrected chi connectivity index (χ2v) is 8.27. The SMILES string of the molecule is CCCCCNC(=O)N1CCN(CCc2ccc(S(N)(=O)=O)cc2)CC1. The number of urea groups is 1. The summed E-state index contributed by atoms with van der Waals surface area (Å²) in [6, 6.07) is 6.75. The first-order chi connectivity index (χ1) is 12.4. The summed E-state index contributed by atoms with van der Waals surface area (Å²) in [5.41, 5.74) is 1.08. The number of benzene rings is 1. The van der Waals surface area contributed by atoms with Crippen LogP contribution < -0.4 is 10.5 Å². The largest absolute Gasteiger partial charge is 0.338 e. The molecule has 0 aromatic heterocycles. The molecule has 0 atom stereocenters. The lowest BCUT2D eigenvalue weighted by molar-refractivity contribution is 0.140. The van der Waals surface area contributed by atoms with Crippen molar-refractivity contribution in [1.29, 1.82) is 0 Å². The molecule has 1 heterocycles. The standard InChI is InChI=1S/C18H30N4O3S/c1-2-3-4-10-20-18(23)22-14-12-21(13-15-22)11-9-16-5-7-17(8-6-16)26(19,24)25/h5-8H,2-4,9-15H2,1H3,(H,20,23)(H2,19,24,25). The van der Waals surface area contributed by atoms with Gasteiger partial charge in [-0.05, 0) is 30.5 Å². The van der Waals surface area contributed by atoms with E-state index in [-0.39, 0.29) is 10.9 Å². The van der Waals surface area contributed by atoms with Gasteiger partial charge in [-0.3, -0.25) is 4.90 Å². The Morgan fingerprint density at radius 2 is 1.77 bits per heavy atom. The minimum absolute atomic E-state index is 0.0411. The molecule has 0 aliphatic carbocycles. The van der Waals surface area contributed by atoms with Crippen LogP contribution in [0.4, 0.5) is 4.79 Å². The number of hydrogen-bond acceptors (Lipinski definition) is 4. The number of sulfonamides is 1. The van der Waals surface area contributed by atoms with Crippen LogP contribution in [0, 0.1) is 0 Å². The van der Waals surface area contributed by atoms with Gasteiger partial charge in [-0.25, -0.2) is 18.4 Å². The minimum atomic E-state index is -3.63. The zero-order valence-corrected chi connectivity index (χ0v) is 16.3. The van der Waals surface area contributed by atoms with Crippen LogP contribution >= 0.6 is 0 Å². The van der Waals surface area contributed by atoms with Gasteiger partial charge in [0.2, 0.25) is 10.0 Å². The smallest absolute Gasteiger partial charge is 0.317 e. The summed E-state index contributed by atoms with van der Waals surface area (Å²) in [7, 11) is -3.63. The fourth-order valence-corrected chi connectivity index (χ4v) is 3.51. The molecule has 26 heavy (non-hydrogen) atoms. The molecule has 1 aromatic rings. The van der Waals surface area contributed by atoms with Gasteiger partial charge >= 0.3 is 6.03 Å². The molecule has 0 unspecified atom stereocenters. The first kappa shape index (κ1) is 20.7. The van der Waals surface area contributed by atoms with E-state index in [2.05, 4.69) is 17.1 Å². The van der Waals surface area contributed by atoms with Crippen molar-refractivity contribution in [2.45, 2.75) is 37.5 Å². The Bertz CT molecular complexity index is 668. The maximum absolute atomic E-state index is 12.1. The van der Waals surface area contributed by atoms with Crippen molar-refractivity contribution in [3.63, 3.8) is 0 Å². The number of nitrogens with one attached hydrogen (secondary N) is 1. The Hall–Kier alpha value is -1.64. The second kappa shape index (κ2) is 9.89. The molecule has 2 amide bonds. The second-order valence-electron chi connectivity index (χ2n) is 6.71. The minimum Gasteiger partial charge on any atom is -0.338 e. The molecule has 1 aliphatic rings. The number of primary sulfonamides is 1. The monoisotopic (exact) mass is 382 g/mol. The van der Waals surface area contributed by atoms with E-state index in [1.165, 1.54) is 0 Å². The first-order valence-electron chi connectivity index (χ1n) is 9.27. The number of amides is 2. The van der Waals surface area contributed by atoms with Crippen molar-refractivity contribution in [1.82, 2.24) is 15.1 Å². The zero-order valence-electron chi connectivity index (χ0n) is 15.5. The molecule has 146 valence electrons. The average Bonchev–Trinajstić information content (AvgIpc) is 2.63. The van der Waals surface area contributed by atoms with Gasteiger partial charge in [-0.15, -0.1) is 0 Å². The summed E-state index contributed by atoms with van der Waals surface area (Å²) in [5, 5.41) is 8.09. The number of nitrogens with zero attached hydrogens (tertiary/aromatic N) is 2. The molecule has 0 spiro atoms. The lowest BCUT2D eigenvalue weighted by Crippen LogP contribution is -2.52. The van der Waals surface area contributed by atoms with Gasteiger partial charge in [0.15, 0.2) is 0 Å². The lowest BCUT2D eigenvalue weighted by Gasteiger charge is -2.34. The first-order valence-corrected chi connectivity index (χ1v) is 10.8. The van der Waals surface area contributed by atoms with Crippen molar-refractivity contribution < 1.29 is 13.2 Å². The molecule has 0 radical (unpaired) electrons. The Labute approximate surface area is 156 Å². The number of piperazine rings is 1. The summed E-state index contributed by atoms with van der Waals surface area (Å²) in [4.78, 5) is 16.4. The van der Waals surface area contributed by atoms with Crippen LogP contribution in [-0.2, 0) is 16.4 Å². The molecule has 8 heteroatoms. The van der Waals surface area contributed by atoms with Gasteiger partial charge in [0, 0.05) is 39.3 Å². The van der Waals surface area contributed by atoms with E-state index in [4.69, 9.17) is 5.14 Å². The summed E-state index contributed by atoms with van der Waals surface area (Å²) in [5.74, 6) is 0. The van der Waals surface area contributed by atoms with Gasteiger partial charge in [0.1, 0.15) is 0 Å². The van der Waals surface area contributed by atoms with E-state index < -0.39 is 10.0 Å². The van der Waals surface area contributed by atoms with Crippen LogP contribution in [0.1, 0.15) is 31.7 Å². The molecular weight excluding hydrogens is 352 g/mol. The molecule has 1 saturated heterocycles. The third-order valence-electron chi connectivity index (χ3n) is 4.68. The molecule has 0 bridgehead atoms. The predicted molar refractivity (Wildman–Crippen MR) is 102 cm³/mol. The Morgan fingerprint density at radius 1 is 1.12 bits per heavy atom. The highest BCUT2D eigenvalue weighted by Crippen LogP contribution is 2.10. The van der Waals surface area contributed by atoms with Crippen LogP contribution in [0.15, 0.2) is 29.2 Å². The molecule has 3 N–H and O–H groups in total. The van der Waals surface area contributed by atoms with Crippen molar-refractivity contribution >= 4 is 16.1 Å². The lowest BCUT2D eigenvalue weighted by atomic mass is 10.1. The molecule has 1 fully saturated rings. The van der Waals surface area contributed by atoms with E-state index in [9.17, 15) is 13.2 Å². The summed E-state index contributed by atoms with van der Waals surface area (Å²) in [6.45, 7) is 6.99. The summed E-state index contributed by atoms with van der Waals surface area (Å²) >= 11 is 0. The highest BCUT2D eigenvalue weighted by Gasteiger charge is 2.20. The zero-order chi connectivity index (χ0) is 19.0. The third-order valence-corrected chi connectivity index (χ3v) is 5.61. The number of rotatable bonds is 8. The average molecular weight is 383 g/mol. The Balaban J connectivity index is 1.69. The summed E-state index contributed by atoms with van der Waals surface area (Å²) < 4.78 is 22.5. The van der Waals surface area contributed by atoms with E-state index in [1.807, 2.05) is 4.90 Å². The van der Waals surface area contributed by atoms with Gasteiger partial charge < -0.3 is 10.2 Å². The van der Waals surface area contributed by atoms with Crippen LogP contribution in [0.2, 0.25) is 0 Å². The molecule has 0 saturated carbocycles. The summed E-state index contributed by atoms with van der Waals surface area (Å²) in [6.07, 6.45) is 4.17. The van der Waals surface area contributed by atoms with E-state index in [1.54, 1.807) is 24.3 Å². The van der Waals surface area contributed by atoms with Crippen LogP contribution in [0.25, 0.3) is 0 Å². The van der Waals surface area contributed by atoms with Gasteiger partial charge in [-0.2, -0.15) is 0 Å². The van der Waals surface area contributed by atoms with Gasteiger partial charge in [0.25, 0.3) is 0 Å². The van der Waals surface area contributed by atoms with Crippen molar-refractivity contribution in [2.24, 2.45) is 5.14 Å². The molecule has 1 aromatic carbocycles. The van der Waals surface area contributed by atoms with Crippen LogP contribution in [0.3, 0.4) is 0 Å². The number of carbonyl (C=O) groups is 1. The quantitative estimate of drug-likeness (QED) is 0.664. The van der Waals surface area contributed by atoms with E-state index in [0.29, 0.717) is 0 Å². The fraction of sp³-hybridized carbons (Fsp3) is 0.611. The maximum Gasteiger partial charge on any atom is 0.317 e. The van der Waals surface area contributed by atoms with E-state index >= 15 is 0 Å². The number of unbranched alkanes of at least 4 members (excludes halogenated alkanes) is 2. The number of carbonyl (C=O) groups excluding carboxylic acids is 1. The highest BCUT2D eigenvalue weighted by molar-refractivity contribution is 7.89. The van der Waals surface area contributed by atoms with Gasteiger partial charge in [-0.1, -0.05) is 31.9 Å². The third kappa shape index (κ3) is 6.59. The predicted octanol–water partition coefficient (Wildman–Crippen LogP) is 1.39. The van der Waals surface area contributed by atoms with Crippen LogP contribution in [-0.4, -0.2) is 63.5 Å². The van der Waals surface area contributed by atoms with Gasteiger partial charge in [0.05, 0.1) is 4.90 Å². The Morgan fingerprint density at radius 3 is 2.35 bits per heavy atom. The van der Waals surface area contributed by atoms with Crippen molar-refractivity contribution in [2.75, 3.05) is 39.3 Å². The topological polar surface area (TPSA) is 95.7 Å². The highest BCUT2D eigenvalue weighted by atomic mass is 32.2. The molecular formula is C18H30N4O3S. The van der Waals surface area contributed by atoms with Crippen LogP contribution in [0.5, 0.6) is 0 Å². The maximum atomic E-state index is 12.1. The van der Waals surface area contributed by atoms with Crippen molar-refractivity contribution in [3.8, 4) is 0 Å². The fourth-order valence-electron chi connectivity index (χ4n) is 2.99. The number of nitrogens with two attached hydrogens (primary N) is 1. The molecule has 1 aliphatic heterocycles. The van der Waals surface area contributed by atoms with Crippen molar-refractivity contribution in [3.05, 3.63) is 29.8 Å². The Kier molecular flexibility index (Phi) is 7.86.